The molecular weight excluding hydrogens is 324 g/mol. The molecule has 0 heterocycles. The number of benzene rings is 2. The van der Waals surface area contributed by atoms with Crippen molar-refractivity contribution in [2.45, 2.75) is 39.5 Å². The Bertz CT molecular complexity index is 692. The second-order valence-electron chi connectivity index (χ2n) is 6.30. The monoisotopic (exact) mass is 352 g/mol. The van der Waals surface area contributed by atoms with E-state index in [0.29, 0.717) is 12.8 Å². The molecule has 2 aromatic rings. The van der Waals surface area contributed by atoms with Crippen LogP contribution in [0.25, 0.3) is 0 Å². The number of carbonyl (C=O) groups is 2. The van der Waals surface area contributed by atoms with Crippen molar-refractivity contribution in [3.8, 4) is 0 Å². The average molecular weight is 352 g/mol. The van der Waals surface area contributed by atoms with E-state index in [4.69, 9.17) is 0 Å². The minimum atomic E-state index is 0.0123. The van der Waals surface area contributed by atoms with E-state index in [1.54, 1.807) is 0 Å². The summed E-state index contributed by atoms with van der Waals surface area (Å²) < 4.78 is 0. The molecule has 0 fully saturated rings. The van der Waals surface area contributed by atoms with E-state index in [1.807, 2.05) is 73.3 Å². The quantitative estimate of drug-likeness (QED) is 0.740. The third-order valence-corrected chi connectivity index (χ3v) is 4.46. The Kier molecular flexibility index (Phi) is 7.87. The lowest BCUT2D eigenvalue weighted by Crippen LogP contribution is -2.30. The van der Waals surface area contributed by atoms with Crippen molar-refractivity contribution >= 4 is 17.5 Å². The summed E-state index contributed by atoms with van der Waals surface area (Å²) in [6.07, 6.45) is 2.43. The molecule has 0 saturated carbocycles. The molecule has 0 aliphatic heterocycles. The van der Waals surface area contributed by atoms with Gasteiger partial charge in [-0.15, -0.1) is 0 Å². The fraction of sp³-hybridized carbons (Fsp3) is 0.364. The molecule has 0 radical (unpaired) electrons. The summed E-state index contributed by atoms with van der Waals surface area (Å²) in [4.78, 5) is 26.0. The number of nitrogens with one attached hydrogen (secondary N) is 1. The molecule has 2 aromatic carbocycles. The molecule has 0 aliphatic rings. The van der Waals surface area contributed by atoms with Crippen molar-refractivity contribution in [2.75, 3.05) is 18.4 Å². The van der Waals surface area contributed by atoms with Crippen LogP contribution < -0.4 is 5.32 Å². The highest BCUT2D eigenvalue weighted by atomic mass is 16.2. The Morgan fingerprint density at radius 3 is 2.00 bits per heavy atom. The molecule has 2 rings (SSSR count). The van der Waals surface area contributed by atoms with Crippen LogP contribution in [0.5, 0.6) is 0 Å². The van der Waals surface area contributed by atoms with E-state index in [2.05, 4.69) is 5.32 Å². The topological polar surface area (TPSA) is 49.4 Å². The first-order valence-electron chi connectivity index (χ1n) is 9.32. The summed E-state index contributed by atoms with van der Waals surface area (Å²) in [6.45, 7) is 5.50. The van der Waals surface area contributed by atoms with E-state index in [0.717, 1.165) is 42.7 Å². The zero-order chi connectivity index (χ0) is 18.8. The van der Waals surface area contributed by atoms with Gasteiger partial charge in [-0.3, -0.25) is 9.59 Å². The van der Waals surface area contributed by atoms with E-state index in [9.17, 15) is 9.59 Å². The van der Waals surface area contributed by atoms with Gasteiger partial charge in [0.15, 0.2) is 0 Å². The molecule has 26 heavy (non-hydrogen) atoms. The Hall–Kier alpha value is -2.62. The first-order chi connectivity index (χ1) is 12.6. The number of amides is 2. The Morgan fingerprint density at radius 1 is 0.808 bits per heavy atom. The second-order valence-corrected chi connectivity index (χ2v) is 6.30. The molecule has 1 N–H and O–H groups in total. The van der Waals surface area contributed by atoms with Crippen LogP contribution in [0.1, 0.15) is 37.8 Å². The predicted molar refractivity (Wildman–Crippen MR) is 106 cm³/mol. The first kappa shape index (κ1) is 19.7. The summed E-state index contributed by atoms with van der Waals surface area (Å²) >= 11 is 0. The number of nitrogens with zero attached hydrogens (tertiary/aromatic N) is 1. The summed E-state index contributed by atoms with van der Waals surface area (Å²) in [5.41, 5.74) is 3.06. The van der Waals surface area contributed by atoms with Crippen LogP contribution in [0.2, 0.25) is 0 Å². The van der Waals surface area contributed by atoms with Crippen LogP contribution in [0.3, 0.4) is 0 Å². The van der Waals surface area contributed by atoms with Gasteiger partial charge in [-0.05, 0) is 49.9 Å². The van der Waals surface area contributed by atoms with Gasteiger partial charge in [0.1, 0.15) is 0 Å². The maximum atomic E-state index is 12.1. The molecule has 4 nitrogen and oxygen atoms in total. The van der Waals surface area contributed by atoms with Crippen LogP contribution in [-0.4, -0.2) is 29.8 Å². The highest BCUT2D eigenvalue weighted by Gasteiger charge is 2.09. The lowest BCUT2D eigenvalue weighted by Gasteiger charge is -2.18. The van der Waals surface area contributed by atoms with Gasteiger partial charge in [-0.1, -0.05) is 42.5 Å². The SMILES string of the molecule is CCN(CC)C(=O)CCc1ccc(NC(=O)CCc2ccccc2)cc1. The number of carbonyl (C=O) groups excluding carboxylic acids is 2. The van der Waals surface area contributed by atoms with Crippen LogP contribution >= 0.6 is 0 Å². The lowest BCUT2D eigenvalue weighted by atomic mass is 10.1. The van der Waals surface area contributed by atoms with Crippen molar-refractivity contribution in [3.05, 3.63) is 65.7 Å². The van der Waals surface area contributed by atoms with Gasteiger partial charge in [0, 0.05) is 31.6 Å². The number of aryl methyl sites for hydroxylation is 2. The number of rotatable bonds is 9. The highest BCUT2D eigenvalue weighted by Crippen LogP contribution is 2.13. The largest absolute Gasteiger partial charge is 0.343 e. The van der Waals surface area contributed by atoms with E-state index in [-0.39, 0.29) is 11.8 Å². The van der Waals surface area contributed by atoms with E-state index in [1.165, 1.54) is 0 Å². The molecule has 0 unspecified atom stereocenters. The summed E-state index contributed by atoms with van der Waals surface area (Å²) in [5, 5.41) is 2.93. The molecule has 0 spiro atoms. The predicted octanol–water partition coefficient (Wildman–Crippen LogP) is 4.06. The molecule has 0 aliphatic carbocycles. The summed E-state index contributed by atoms with van der Waals surface area (Å²) in [6, 6.07) is 17.7. The van der Waals surface area contributed by atoms with Crippen molar-refractivity contribution in [1.29, 1.82) is 0 Å². The third-order valence-electron chi connectivity index (χ3n) is 4.46. The zero-order valence-electron chi connectivity index (χ0n) is 15.7. The van der Waals surface area contributed by atoms with Gasteiger partial charge in [0.25, 0.3) is 0 Å². The van der Waals surface area contributed by atoms with Gasteiger partial charge < -0.3 is 10.2 Å². The minimum absolute atomic E-state index is 0.0123. The molecule has 138 valence electrons. The second kappa shape index (κ2) is 10.4. The smallest absolute Gasteiger partial charge is 0.224 e. The van der Waals surface area contributed by atoms with Gasteiger partial charge in [-0.25, -0.2) is 0 Å². The van der Waals surface area contributed by atoms with E-state index >= 15 is 0 Å². The van der Waals surface area contributed by atoms with Gasteiger partial charge >= 0.3 is 0 Å². The fourth-order valence-electron chi connectivity index (χ4n) is 2.87. The van der Waals surface area contributed by atoms with Crippen molar-refractivity contribution in [1.82, 2.24) is 4.90 Å². The summed E-state index contributed by atoms with van der Waals surface area (Å²) in [5.74, 6) is 0.201. The molecule has 4 heteroatoms. The van der Waals surface area contributed by atoms with Crippen LogP contribution in [0.4, 0.5) is 5.69 Å². The number of anilines is 1. The highest BCUT2D eigenvalue weighted by molar-refractivity contribution is 5.90. The van der Waals surface area contributed by atoms with E-state index < -0.39 is 0 Å². The van der Waals surface area contributed by atoms with Crippen LogP contribution in [0.15, 0.2) is 54.6 Å². The van der Waals surface area contributed by atoms with Gasteiger partial charge in [0.2, 0.25) is 11.8 Å². The molecular formula is C22H28N2O2. The number of hydrogen-bond acceptors (Lipinski definition) is 2. The molecule has 0 saturated heterocycles. The van der Waals surface area contributed by atoms with Crippen molar-refractivity contribution in [3.63, 3.8) is 0 Å². The Balaban J connectivity index is 1.77. The maximum Gasteiger partial charge on any atom is 0.224 e. The van der Waals surface area contributed by atoms with Crippen LogP contribution in [0, 0.1) is 0 Å². The number of hydrogen-bond donors (Lipinski definition) is 1. The van der Waals surface area contributed by atoms with Crippen molar-refractivity contribution in [2.24, 2.45) is 0 Å². The Morgan fingerprint density at radius 2 is 1.38 bits per heavy atom. The summed E-state index contributed by atoms with van der Waals surface area (Å²) in [7, 11) is 0. The molecule has 0 bridgehead atoms. The molecule has 0 atom stereocenters. The van der Waals surface area contributed by atoms with Gasteiger partial charge in [-0.2, -0.15) is 0 Å². The fourth-order valence-corrected chi connectivity index (χ4v) is 2.87. The Labute approximate surface area is 156 Å². The maximum absolute atomic E-state index is 12.1. The van der Waals surface area contributed by atoms with Crippen LogP contribution in [-0.2, 0) is 22.4 Å². The molecule has 2 amide bonds. The normalized spacial score (nSPS) is 10.4. The minimum Gasteiger partial charge on any atom is -0.343 e. The standard InChI is InChI=1S/C22H28N2O2/c1-3-24(4-2)22(26)17-13-19-10-14-20(15-11-19)23-21(25)16-12-18-8-6-5-7-9-18/h5-11,14-15H,3-4,12-13,16-17H2,1-2H3,(H,23,25). The van der Waals surface area contributed by atoms with Gasteiger partial charge in [0.05, 0.1) is 0 Å². The first-order valence-corrected chi connectivity index (χ1v) is 9.32. The van der Waals surface area contributed by atoms with Crippen molar-refractivity contribution < 1.29 is 9.59 Å². The molecule has 0 aromatic heterocycles. The lowest BCUT2D eigenvalue weighted by molar-refractivity contribution is -0.130. The average Bonchev–Trinajstić information content (AvgIpc) is 2.67. The zero-order valence-corrected chi connectivity index (χ0v) is 15.7. The third kappa shape index (κ3) is 6.36.